The van der Waals surface area contributed by atoms with Crippen molar-refractivity contribution in [3.8, 4) is 11.5 Å². The number of carboxylic acid groups (broad SMARTS) is 1. The van der Waals surface area contributed by atoms with Gasteiger partial charge in [0.05, 0.1) is 5.92 Å². The van der Waals surface area contributed by atoms with Crippen molar-refractivity contribution in [3.63, 3.8) is 0 Å². The average molecular weight is 331 g/mol. The molecule has 5 nitrogen and oxygen atoms in total. The van der Waals surface area contributed by atoms with Crippen LogP contribution in [0.1, 0.15) is 17.0 Å². The number of likely N-dealkylation sites (tertiary alicyclic amines) is 1. The Morgan fingerprint density at radius 3 is 2.91 bits per heavy atom. The first kappa shape index (κ1) is 14.5. The smallest absolute Gasteiger partial charge is 0.308 e. The zero-order valence-corrected chi connectivity index (χ0v) is 13.3. The summed E-state index contributed by atoms with van der Waals surface area (Å²) >= 11 is 1.67. The number of aliphatic carboxylic acids is 1. The van der Waals surface area contributed by atoms with Crippen molar-refractivity contribution in [1.29, 1.82) is 0 Å². The molecule has 1 fully saturated rings. The van der Waals surface area contributed by atoms with Crippen LogP contribution in [0.3, 0.4) is 0 Å². The van der Waals surface area contributed by atoms with Crippen molar-refractivity contribution >= 4 is 17.3 Å². The van der Waals surface area contributed by atoms with Gasteiger partial charge in [-0.2, -0.15) is 11.3 Å². The highest BCUT2D eigenvalue weighted by atomic mass is 32.1. The molecule has 0 spiro atoms. The summed E-state index contributed by atoms with van der Waals surface area (Å²) in [7, 11) is 0. The molecule has 2 aromatic rings. The lowest BCUT2D eigenvalue weighted by atomic mass is 9.89. The third-order valence-corrected chi connectivity index (χ3v) is 5.26. The molecule has 3 heterocycles. The van der Waals surface area contributed by atoms with Crippen LogP contribution < -0.4 is 9.47 Å². The van der Waals surface area contributed by atoms with Crippen LogP contribution >= 0.6 is 11.3 Å². The monoisotopic (exact) mass is 331 g/mol. The van der Waals surface area contributed by atoms with Gasteiger partial charge in [-0.25, -0.2) is 0 Å². The Hall–Kier alpha value is -2.05. The van der Waals surface area contributed by atoms with E-state index in [1.54, 1.807) is 11.3 Å². The number of fused-ring (bicyclic) bond motifs is 1. The van der Waals surface area contributed by atoms with Gasteiger partial charge in [0.2, 0.25) is 6.79 Å². The highest BCUT2D eigenvalue weighted by molar-refractivity contribution is 7.07. The van der Waals surface area contributed by atoms with E-state index in [1.807, 2.05) is 18.2 Å². The maximum atomic E-state index is 11.7. The molecular formula is C17H17NO4S. The van der Waals surface area contributed by atoms with E-state index in [1.165, 1.54) is 5.56 Å². The van der Waals surface area contributed by atoms with Crippen LogP contribution in [0, 0.1) is 5.92 Å². The number of thiophene rings is 1. The van der Waals surface area contributed by atoms with Gasteiger partial charge in [0.25, 0.3) is 0 Å². The number of nitrogens with zero attached hydrogens (tertiary/aromatic N) is 1. The number of ether oxygens (including phenoxy) is 2. The van der Waals surface area contributed by atoms with Crippen LogP contribution in [0.2, 0.25) is 0 Å². The van der Waals surface area contributed by atoms with Gasteiger partial charge in [-0.1, -0.05) is 6.07 Å². The minimum atomic E-state index is -0.736. The van der Waals surface area contributed by atoms with E-state index in [4.69, 9.17) is 9.47 Å². The number of benzene rings is 1. The van der Waals surface area contributed by atoms with Crippen LogP contribution in [0.5, 0.6) is 11.5 Å². The molecule has 1 aromatic heterocycles. The molecule has 2 atom stereocenters. The van der Waals surface area contributed by atoms with Gasteiger partial charge in [-0.3, -0.25) is 9.69 Å². The number of carbonyl (C=O) groups is 1. The van der Waals surface area contributed by atoms with E-state index in [-0.39, 0.29) is 12.7 Å². The number of carboxylic acids is 1. The molecule has 0 radical (unpaired) electrons. The zero-order valence-electron chi connectivity index (χ0n) is 12.5. The van der Waals surface area contributed by atoms with E-state index in [9.17, 15) is 9.90 Å². The molecule has 0 bridgehead atoms. The first-order valence-electron chi connectivity index (χ1n) is 7.56. The summed E-state index contributed by atoms with van der Waals surface area (Å²) in [6.07, 6.45) is 0. The van der Waals surface area contributed by atoms with Crippen molar-refractivity contribution in [2.45, 2.75) is 12.5 Å². The molecule has 4 rings (SSSR count). The van der Waals surface area contributed by atoms with Crippen LogP contribution in [0.25, 0.3) is 0 Å². The predicted octanol–water partition coefficient (Wildman–Crippen LogP) is 2.78. The van der Waals surface area contributed by atoms with Gasteiger partial charge >= 0.3 is 5.97 Å². The summed E-state index contributed by atoms with van der Waals surface area (Å²) in [6, 6.07) is 7.85. The lowest BCUT2D eigenvalue weighted by molar-refractivity contribution is -0.141. The largest absolute Gasteiger partial charge is 0.481 e. The van der Waals surface area contributed by atoms with Crippen LogP contribution in [0.15, 0.2) is 35.0 Å². The normalized spacial score (nSPS) is 23.3. The zero-order chi connectivity index (χ0) is 15.8. The molecule has 23 heavy (non-hydrogen) atoms. The fourth-order valence-corrected chi connectivity index (χ4v) is 4.05. The van der Waals surface area contributed by atoms with E-state index in [0.717, 1.165) is 24.4 Å². The molecule has 0 unspecified atom stereocenters. The molecule has 1 saturated heterocycles. The second kappa shape index (κ2) is 5.86. The Kier molecular flexibility index (Phi) is 3.71. The first-order chi connectivity index (χ1) is 11.2. The Morgan fingerprint density at radius 2 is 2.13 bits per heavy atom. The topological polar surface area (TPSA) is 59.0 Å². The van der Waals surface area contributed by atoms with Crippen LogP contribution in [-0.2, 0) is 11.3 Å². The van der Waals surface area contributed by atoms with Gasteiger partial charge in [0, 0.05) is 25.6 Å². The highest BCUT2D eigenvalue weighted by Gasteiger charge is 2.39. The molecule has 2 aliphatic heterocycles. The SMILES string of the molecule is O=C(O)[C@@H]1CN(Cc2ccsc2)C[C@H]1c1ccc2c(c1)OCO2. The van der Waals surface area contributed by atoms with E-state index >= 15 is 0 Å². The summed E-state index contributed by atoms with van der Waals surface area (Å²) in [6.45, 7) is 2.35. The van der Waals surface area contributed by atoms with Gasteiger partial charge in [-0.15, -0.1) is 0 Å². The summed E-state index contributed by atoms with van der Waals surface area (Å²) in [5, 5.41) is 13.8. The average Bonchev–Trinajstić information content (AvgIpc) is 3.26. The number of rotatable bonds is 4. The number of hydrogen-bond donors (Lipinski definition) is 1. The van der Waals surface area contributed by atoms with Gasteiger partial charge < -0.3 is 14.6 Å². The molecule has 0 aliphatic carbocycles. The minimum Gasteiger partial charge on any atom is -0.481 e. The Balaban J connectivity index is 1.57. The Bertz CT molecular complexity index is 715. The highest BCUT2D eigenvalue weighted by Crippen LogP contribution is 2.39. The number of hydrogen-bond acceptors (Lipinski definition) is 5. The molecule has 120 valence electrons. The maximum Gasteiger partial charge on any atom is 0.308 e. The summed E-state index contributed by atoms with van der Waals surface area (Å²) in [4.78, 5) is 13.9. The third kappa shape index (κ3) is 2.80. The molecule has 1 aromatic carbocycles. The Morgan fingerprint density at radius 1 is 1.26 bits per heavy atom. The summed E-state index contributed by atoms with van der Waals surface area (Å²) in [5.74, 6) is 0.284. The fourth-order valence-electron chi connectivity index (χ4n) is 3.39. The molecule has 1 N–H and O–H groups in total. The van der Waals surface area contributed by atoms with E-state index in [0.29, 0.717) is 12.3 Å². The molecular weight excluding hydrogens is 314 g/mol. The van der Waals surface area contributed by atoms with E-state index in [2.05, 4.69) is 21.7 Å². The summed E-state index contributed by atoms with van der Waals surface area (Å²) < 4.78 is 10.8. The quantitative estimate of drug-likeness (QED) is 0.933. The second-order valence-electron chi connectivity index (χ2n) is 5.99. The molecule has 0 saturated carbocycles. The van der Waals surface area contributed by atoms with Crippen molar-refractivity contribution in [3.05, 3.63) is 46.2 Å². The molecule has 2 aliphatic rings. The molecule has 0 amide bonds. The lowest BCUT2D eigenvalue weighted by Gasteiger charge is -2.16. The van der Waals surface area contributed by atoms with Crippen molar-refractivity contribution in [1.82, 2.24) is 4.90 Å². The predicted molar refractivity (Wildman–Crippen MR) is 86.0 cm³/mol. The fraction of sp³-hybridized carbons (Fsp3) is 0.353. The van der Waals surface area contributed by atoms with Crippen molar-refractivity contribution < 1.29 is 19.4 Å². The standard InChI is InChI=1S/C17H17NO4S/c19-17(20)14-8-18(6-11-3-4-23-9-11)7-13(14)12-1-2-15-16(5-12)22-10-21-15/h1-5,9,13-14H,6-8,10H2,(H,19,20)/t13-,14+/m0/s1. The third-order valence-electron chi connectivity index (χ3n) is 4.52. The second-order valence-corrected chi connectivity index (χ2v) is 6.77. The van der Waals surface area contributed by atoms with Crippen molar-refractivity contribution in [2.75, 3.05) is 19.9 Å². The van der Waals surface area contributed by atoms with Crippen molar-refractivity contribution in [2.24, 2.45) is 5.92 Å². The van der Waals surface area contributed by atoms with Gasteiger partial charge in [-0.05, 0) is 40.1 Å². The lowest BCUT2D eigenvalue weighted by Crippen LogP contribution is -2.23. The van der Waals surface area contributed by atoms with Gasteiger partial charge in [0.15, 0.2) is 11.5 Å². The Labute approximate surface area is 138 Å². The summed E-state index contributed by atoms with van der Waals surface area (Å²) in [5.41, 5.74) is 2.25. The maximum absolute atomic E-state index is 11.7. The van der Waals surface area contributed by atoms with Gasteiger partial charge in [0.1, 0.15) is 0 Å². The minimum absolute atomic E-state index is 0.0272. The molecule has 6 heteroatoms. The first-order valence-corrected chi connectivity index (χ1v) is 8.51. The van der Waals surface area contributed by atoms with E-state index < -0.39 is 11.9 Å². The van der Waals surface area contributed by atoms with Crippen LogP contribution in [-0.4, -0.2) is 35.9 Å². The van der Waals surface area contributed by atoms with Crippen LogP contribution in [0.4, 0.5) is 0 Å².